The Hall–Kier alpha value is -3.74. The second-order valence-corrected chi connectivity index (χ2v) is 8.38. The third kappa shape index (κ3) is 3.82. The molecule has 0 radical (unpaired) electrons. The number of nitrogens with one attached hydrogen (secondary N) is 1. The first-order valence-electron chi connectivity index (χ1n) is 11.0. The zero-order valence-electron chi connectivity index (χ0n) is 18.0. The van der Waals surface area contributed by atoms with Crippen molar-refractivity contribution in [1.29, 1.82) is 0 Å². The maximum Gasteiger partial charge on any atom is 0.256 e. The van der Waals surface area contributed by atoms with Gasteiger partial charge in [-0.15, -0.1) is 10.2 Å². The van der Waals surface area contributed by atoms with E-state index in [0.717, 1.165) is 35.4 Å². The topological polar surface area (TPSA) is 92.4 Å². The van der Waals surface area contributed by atoms with E-state index < -0.39 is 0 Å². The van der Waals surface area contributed by atoms with Crippen LogP contribution >= 0.6 is 0 Å². The molecule has 0 atom stereocenters. The van der Waals surface area contributed by atoms with Crippen molar-refractivity contribution in [3.05, 3.63) is 71.8 Å². The van der Waals surface area contributed by atoms with Crippen LogP contribution in [-0.4, -0.2) is 30.6 Å². The van der Waals surface area contributed by atoms with E-state index in [9.17, 15) is 9.90 Å². The van der Waals surface area contributed by atoms with E-state index in [4.69, 9.17) is 0 Å². The van der Waals surface area contributed by atoms with Crippen molar-refractivity contribution in [3.63, 3.8) is 0 Å². The fourth-order valence-corrected chi connectivity index (χ4v) is 4.54. The van der Waals surface area contributed by atoms with Crippen molar-refractivity contribution in [1.82, 2.24) is 19.6 Å². The average molecular weight is 428 g/mol. The molecule has 1 aliphatic rings. The molecule has 7 nitrogen and oxygen atoms in total. The molecule has 0 aliphatic heterocycles. The van der Waals surface area contributed by atoms with Crippen molar-refractivity contribution < 1.29 is 9.90 Å². The molecule has 32 heavy (non-hydrogen) atoms. The molecule has 1 amide bonds. The van der Waals surface area contributed by atoms with Gasteiger partial charge in [0.2, 0.25) is 0 Å². The molecule has 1 saturated carbocycles. The minimum atomic E-state index is -0.198. The molecule has 1 aliphatic carbocycles. The number of carbonyl (C=O) groups excluding carboxylic acids is 1. The Labute approximate surface area is 186 Å². The Bertz CT molecular complexity index is 1270. The predicted octanol–water partition coefficient (Wildman–Crippen LogP) is 5.11. The molecule has 5 rings (SSSR count). The van der Waals surface area contributed by atoms with E-state index in [2.05, 4.69) is 20.5 Å². The first-order valence-corrected chi connectivity index (χ1v) is 11.0. The molecule has 162 valence electrons. The maximum atomic E-state index is 13.1. The number of aromatic hydroxyl groups is 1. The molecule has 7 heteroatoms. The lowest BCUT2D eigenvalue weighted by atomic mass is 9.89. The van der Waals surface area contributed by atoms with Crippen LogP contribution in [-0.2, 0) is 0 Å². The van der Waals surface area contributed by atoms with Crippen LogP contribution in [0.2, 0.25) is 0 Å². The third-order valence-electron chi connectivity index (χ3n) is 6.28. The van der Waals surface area contributed by atoms with Crippen LogP contribution in [0.25, 0.3) is 16.9 Å². The van der Waals surface area contributed by atoms with Crippen LogP contribution in [0.5, 0.6) is 5.75 Å². The molecular formula is C25H25N5O2. The monoisotopic (exact) mass is 427 g/mol. The van der Waals surface area contributed by atoms with E-state index in [1.807, 2.05) is 47.9 Å². The van der Waals surface area contributed by atoms with Gasteiger partial charge in [-0.2, -0.15) is 0 Å². The van der Waals surface area contributed by atoms with Gasteiger partial charge in [-0.05, 0) is 54.7 Å². The highest BCUT2D eigenvalue weighted by atomic mass is 16.3. The lowest BCUT2D eigenvalue weighted by Gasteiger charge is -2.19. The number of carbonyl (C=O) groups is 1. The smallest absolute Gasteiger partial charge is 0.256 e. The number of benzene rings is 2. The first kappa shape index (κ1) is 20.2. The Morgan fingerprint density at radius 2 is 1.84 bits per heavy atom. The molecule has 0 saturated heterocycles. The number of phenolic OH excluding ortho intramolecular Hbond substituents is 1. The number of aromatic nitrogens is 4. The van der Waals surface area contributed by atoms with E-state index in [1.165, 1.54) is 19.3 Å². The zero-order chi connectivity index (χ0) is 22.1. The lowest BCUT2D eigenvalue weighted by Crippen LogP contribution is -2.15. The second-order valence-electron chi connectivity index (χ2n) is 8.38. The summed E-state index contributed by atoms with van der Waals surface area (Å²) in [6.07, 6.45) is 9.39. The largest absolute Gasteiger partial charge is 0.508 e. The number of phenols is 1. The maximum absolute atomic E-state index is 13.1. The predicted molar refractivity (Wildman–Crippen MR) is 123 cm³/mol. The number of hydrogen-bond acceptors (Lipinski definition) is 5. The van der Waals surface area contributed by atoms with Gasteiger partial charge >= 0.3 is 0 Å². The van der Waals surface area contributed by atoms with Crippen molar-refractivity contribution in [2.24, 2.45) is 0 Å². The van der Waals surface area contributed by atoms with Crippen LogP contribution in [0.3, 0.4) is 0 Å². The summed E-state index contributed by atoms with van der Waals surface area (Å²) in [7, 11) is 0. The van der Waals surface area contributed by atoms with Gasteiger partial charge < -0.3 is 10.4 Å². The van der Waals surface area contributed by atoms with Crippen LogP contribution in [0.4, 0.5) is 5.69 Å². The number of fused-ring (bicyclic) bond motifs is 1. The average Bonchev–Trinajstić information content (AvgIpc) is 3.24. The van der Waals surface area contributed by atoms with Gasteiger partial charge in [0.1, 0.15) is 11.6 Å². The molecule has 1 fully saturated rings. The Morgan fingerprint density at radius 3 is 2.62 bits per heavy atom. The van der Waals surface area contributed by atoms with Crippen molar-refractivity contribution in [3.8, 4) is 16.9 Å². The molecule has 0 unspecified atom stereocenters. The summed E-state index contributed by atoms with van der Waals surface area (Å²) in [6.45, 7) is 1.93. The van der Waals surface area contributed by atoms with Crippen LogP contribution in [0, 0.1) is 6.92 Å². The molecule has 2 aromatic heterocycles. The van der Waals surface area contributed by atoms with E-state index >= 15 is 0 Å². The number of anilines is 1. The lowest BCUT2D eigenvalue weighted by molar-refractivity contribution is 0.102. The number of nitrogens with zero attached hydrogens (tertiary/aromatic N) is 4. The van der Waals surface area contributed by atoms with Crippen molar-refractivity contribution in [2.75, 3.05) is 5.32 Å². The van der Waals surface area contributed by atoms with Crippen LogP contribution in [0.1, 0.15) is 59.8 Å². The summed E-state index contributed by atoms with van der Waals surface area (Å²) in [6, 6.07) is 12.6. The second kappa shape index (κ2) is 8.42. The standard InChI is InChI=1S/C25H25N5O2/c1-16-21(17-10-12-20(31)13-11-17)8-5-9-22(16)24(32)27-19-14-26-25-29-28-23(30(25)15-19)18-6-3-2-4-7-18/h5,8-15,18,31H,2-4,6-7H2,1H3,(H,27,32). The van der Waals surface area contributed by atoms with Gasteiger partial charge in [-0.25, -0.2) is 4.98 Å². The van der Waals surface area contributed by atoms with E-state index in [-0.39, 0.29) is 11.7 Å². The number of amides is 1. The minimum absolute atomic E-state index is 0.198. The fourth-order valence-electron chi connectivity index (χ4n) is 4.54. The minimum Gasteiger partial charge on any atom is -0.508 e. The summed E-state index contributed by atoms with van der Waals surface area (Å²) in [5.41, 5.74) is 3.96. The Morgan fingerprint density at radius 1 is 1.06 bits per heavy atom. The summed E-state index contributed by atoms with van der Waals surface area (Å²) < 4.78 is 1.91. The quantitative estimate of drug-likeness (QED) is 0.472. The molecular weight excluding hydrogens is 402 g/mol. The van der Waals surface area contributed by atoms with Crippen LogP contribution < -0.4 is 5.32 Å². The van der Waals surface area contributed by atoms with Gasteiger partial charge in [0.15, 0.2) is 0 Å². The zero-order valence-corrected chi connectivity index (χ0v) is 18.0. The van der Waals surface area contributed by atoms with Crippen molar-refractivity contribution in [2.45, 2.75) is 44.9 Å². The van der Waals surface area contributed by atoms with Crippen molar-refractivity contribution >= 4 is 17.4 Å². The Balaban J connectivity index is 1.42. The molecule has 2 heterocycles. The first-order chi connectivity index (χ1) is 15.6. The molecule has 2 N–H and O–H groups in total. The summed E-state index contributed by atoms with van der Waals surface area (Å²) in [5.74, 6) is 1.87. The Kier molecular flexibility index (Phi) is 5.31. The number of hydrogen-bond donors (Lipinski definition) is 2. The highest BCUT2D eigenvalue weighted by Gasteiger charge is 2.21. The van der Waals surface area contributed by atoms with E-state index in [0.29, 0.717) is 22.9 Å². The molecule has 0 bridgehead atoms. The highest BCUT2D eigenvalue weighted by molar-refractivity contribution is 6.06. The summed E-state index contributed by atoms with van der Waals surface area (Å²) >= 11 is 0. The van der Waals surface area contributed by atoms with Gasteiger partial charge in [0, 0.05) is 17.7 Å². The fraction of sp³-hybridized carbons (Fsp3) is 0.280. The molecule has 0 spiro atoms. The molecule has 2 aromatic carbocycles. The van der Waals surface area contributed by atoms with Gasteiger partial charge in [-0.3, -0.25) is 9.20 Å². The highest BCUT2D eigenvalue weighted by Crippen LogP contribution is 2.32. The van der Waals surface area contributed by atoms with Crippen LogP contribution in [0.15, 0.2) is 54.9 Å². The normalized spacial score (nSPS) is 14.5. The van der Waals surface area contributed by atoms with E-state index in [1.54, 1.807) is 18.3 Å². The summed E-state index contributed by atoms with van der Waals surface area (Å²) in [4.78, 5) is 17.5. The number of rotatable bonds is 4. The van der Waals surface area contributed by atoms with Gasteiger partial charge in [-0.1, -0.05) is 43.5 Å². The molecule has 4 aromatic rings. The van der Waals surface area contributed by atoms with Gasteiger partial charge in [0.05, 0.1) is 11.9 Å². The SMILES string of the molecule is Cc1c(C(=O)Nc2cnc3nnc(C4CCCCC4)n3c2)cccc1-c1ccc(O)cc1. The summed E-state index contributed by atoms with van der Waals surface area (Å²) in [5, 5.41) is 21.1. The van der Waals surface area contributed by atoms with Gasteiger partial charge in [0.25, 0.3) is 11.7 Å². The third-order valence-corrected chi connectivity index (χ3v) is 6.28.